The molecule has 0 spiro atoms. The highest BCUT2D eigenvalue weighted by atomic mass is 14.9. The smallest absolute Gasteiger partial charge is 0.0960 e. The standard InChI is InChI=1S/C20H14N4/c1-3-14(19-10-21-11-22-19)4-2-13(1)15-5-7-17-16(9-15)6-8-18-20(17)24-12-23-18/h1-12H,(H,21,22)(H,23,24). The lowest BCUT2D eigenvalue weighted by molar-refractivity contribution is 1.31. The Balaban J connectivity index is 1.59. The van der Waals surface area contributed by atoms with Gasteiger partial charge in [-0.3, -0.25) is 0 Å². The Morgan fingerprint density at radius 2 is 1.54 bits per heavy atom. The number of hydrogen-bond acceptors (Lipinski definition) is 2. The van der Waals surface area contributed by atoms with Gasteiger partial charge in [-0.1, -0.05) is 42.5 Å². The van der Waals surface area contributed by atoms with E-state index in [2.05, 4.69) is 74.5 Å². The lowest BCUT2D eigenvalue weighted by Gasteiger charge is -2.06. The summed E-state index contributed by atoms with van der Waals surface area (Å²) in [5.41, 5.74) is 6.65. The molecule has 0 aliphatic carbocycles. The molecule has 0 fully saturated rings. The minimum atomic E-state index is 1.02. The first kappa shape index (κ1) is 13.1. The van der Waals surface area contributed by atoms with Gasteiger partial charge in [0.15, 0.2) is 0 Å². The van der Waals surface area contributed by atoms with Crippen LogP contribution >= 0.6 is 0 Å². The molecule has 0 saturated heterocycles. The molecule has 0 amide bonds. The highest BCUT2D eigenvalue weighted by Gasteiger charge is 2.06. The fourth-order valence-electron chi connectivity index (χ4n) is 3.17. The molecule has 0 atom stereocenters. The van der Waals surface area contributed by atoms with Crippen LogP contribution in [0.5, 0.6) is 0 Å². The quantitative estimate of drug-likeness (QED) is 0.493. The van der Waals surface area contributed by atoms with Crippen molar-refractivity contribution >= 4 is 21.8 Å². The topological polar surface area (TPSA) is 57.4 Å². The first-order valence-electron chi connectivity index (χ1n) is 7.83. The van der Waals surface area contributed by atoms with E-state index in [1.807, 2.05) is 6.20 Å². The normalized spacial score (nSPS) is 11.3. The van der Waals surface area contributed by atoms with Crippen LogP contribution in [0.15, 0.2) is 73.4 Å². The summed E-state index contributed by atoms with van der Waals surface area (Å²) in [7, 11) is 0. The highest BCUT2D eigenvalue weighted by Crippen LogP contribution is 2.29. The Kier molecular flexibility index (Phi) is 2.76. The molecule has 0 radical (unpaired) electrons. The predicted octanol–water partition coefficient (Wildman–Crippen LogP) is 4.77. The number of rotatable bonds is 2. The number of benzene rings is 3. The van der Waals surface area contributed by atoms with Crippen LogP contribution in [0.25, 0.3) is 44.2 Å². The average Bonchev–Trinajstić information content (AvgIpc) is 3.33. The maximum Gasteiger partial charge on any atom is 0.0960 e. The maximum atomic E-state index is 4.42. The van der Waals surface area contributed by atoms with Crippen molar-refractivity contribution in [2.75, 3.05) is 0 Å². The van der Waals surface area contributed by atoms with Gasteiger partial charge in [0.2, 0.25) is 0 Å². The Morgan fingerprint density at radius 1 is 0.708 bits per heavy atom. The second kappa shape index (κ2) is 5.06. The van der Waals surface area contributed by atoms with Gasteiger partial charge in [-0.25, -0.2) is 9.97 Å². The van der Waals surface area contributed by atoms with E-state index in [-0.39, 0.29) is 0 Å². The van der Waals surface area contributed by atoms with Gasteiger partial charge < -0.3 is 9.97 Å². The molecule has 4 nitrogen and oxygen atoms in total. The van der Waals surface area contributed by atoms with E-state index in [9.17, 15) is 0 Å². The van der Waals surface area contributed by atoms with Crippen molar-refractivity contribution in [1.29, 1.82) is 0 Å². The second-order valence-electron chi connectivity index (χ2n) is 5.84. The Bertz CT molecular complexity index is 1140. The molecule has 5 aromatic rings. The molecule has 0 saturated carbocycles. The van der Waals surface area contributed by atoms with Gasteiger partial charge >= 0.3 is 0 Å². The Labute approximate surface area is 138 Å². The monoisotopic (exact) mass is 310 g/mol. The van der Waals surface area contributed by atoms with Gasteiger partial charge in [-0.2, -0.15) is 0 Å². The zero-order chi connectivity index (χ0) is 15.9. The van der Waals surface area contributed by atoms with Crippen molar-refractivity contribution in [3.63, 3.8) is 0 Å². The SMILES string of the molecule is c1ncc(-c2ccc(-c3ccc4c(ccc5[nH]cnc54)c3)cc2)[nH]1. The molecule has 0 unspecified atom stereocenters. The lowest BCUT2D eigenvalue weighted by Crippen LogP contribution is -1.82. The van der Waals surface area contributed by atoms with E-state index in [0.29, 0.717) is 0 Å². The molecule has 2 N–H and O–H groups in total. The number of nitrogens with zero attached hydrogens (tertiary/aromatic N) is 2. The lowest BCUT2D eigenvalue weighted by atomic mass is 9.99. The molecular weight excluding hydrogens is 296 g/mol. The highest BCUT2D eigenvalue weighted by molar-refractivity contribution is 6.05. The average molecular weight is 310 g/mol. The summed E-state index contributed by atoms with van der Waals surface area (Å²) in [6, 6.07) is 19.3. The van der Waals surface area contributed by atoms with Crippen LogP contribution < -0.4 is 0 Å². The number of hydrogen-bond donors (Lipinski definition) is 2. The van der Waals surface area contributed by atoms with Crippen molar-refractivity contribution in [2.24, 2.45) is 0 Å². The van der Waals surface area contributed by atoms with Crippen LogP contribution in [0, 0.1) is 0 Å². The first-order chi connectivity index (χ1) is 11.9. The second-order valence-corrected chi connectivity index (χ2v) is 5.84. The van der Waals surface area contributed by atoms with Crippen LogP contribution in [-0.2, 0) is 0 Å². The van der Waals surface area contributed by atoms with Crippen LogP contribution in [0.2, 0.25) is 0 Å². The van der Waals surface area contributed by atoms with Gasteiger partial charge in [-0.15, -0.1) is 0 Å². The number of imidazole rings is 2. The van der Waals surface area contributed by atoms with Crippen molar-refractivity contribution in [3.05, 3.63) is 73.4 Å². The summed E-state index contributed by atoms with van der Waals surface area (Å²) in [5, 5.41) is 2.37. The molecule has 114 valence electrons. The van der Waals surface area contributed by atoms with Crippen molar-refractivity contribution in [3.8, 4) is 22.4 Å². The van der Waals surface area contributed by atoms with Crippen molar-refractivity contribution in [2.45, 2.75) is 0 Å². The molecule has 2 aromatic heterocycles. The number of H-pyrrole nitrogens is 2. The molecule has 0 bridgehead atoms. The van der Waals surface area contributed by atoms with E-state index in [1.54, 1.807) is 12.7 Å². The molecular formula is C20H14N4. The molecule has 2 heterocycles. The van der Waals surface area contributed by atoms with Crippen LogP contribution in [0.3, 0.4) is 0 Å². The summed E-state index contributed by atoms with van der Waals surface area (Å²) in [4.78, 5) is 14.8. The molecule has 24 heavy (non-hydrogen) atoms. The number of fused-ring (bicyclic) bond motifs is 3. The van der Waals surface area contributed by atoms with Gasteiger partial charge in [0.1, 0.15) is 0 Å². The zero-order valence-electron chi connectivity index (χ0n) is 12.8. The Morgan fingerprint density at radius 3 is 2.38 bits per heavy atom. The minimum Gasteiger partial charge on any atom is -0.345 e. The van der Waals surface area contributed by atoms with E-state index in [4.69, 9.17) is 0 Å². The Hall–Kier alpha value is -3.40. The fraction of sp³-hybridized carbons (Fsp3) is 0. The first-order valence-corrected chi connectivity index (χ1v) is 7.83. The molecule has 3 aromatic carbocycles. The third-order valence-corrected chi connectivity index (χ3v) is 4.43. The third kappa shape index (κ3) is 2.01. The molecule has 0 aliphatic rings. The van der Waals surface area contributed by atoms with Crippen molar-refractivity contribution < 1.29 is 0 Å². The van der Waals surface area contributed by atoms with E-state index < -0.39 is 0 Å². The molecule has 4 heteroatoms. The van der Waals surface area contributed by atoms with Gasteiger partial charge in [-0.05, 0) is 34.2 Å². The fourth-order valence-corrected chi connectivity index (χ4v) is 3.17. The summed E-state index contributed by atoms with van der Waals surface area (Å²) in [5.74, 6) is 0. The predicted molar refractivity (Wildman–Crippen MR) is 96.6 cm³/mol. The van der Waals surface area contributed by atoms with Gasteiger partial charge in [0.25, 0.3) is 0 Å². The third-order valence-electron chi connectivity index (χ3n) is 4.43. The van der Waals surface area contributed by atoms with Crippen molar-refractivity contribution in [1.82, 2.24) is 19.9 Å². The number of aromatic amines is 2. The van der Waals surface area contributed by atoms with Crippen LogP contribution in [0.1, 0.15) is 0 Å². The molecule has 0 aliphatic heterocycles. The minimum absolute atomic E-state index is 1.02. The van der Waals surface area contributed by atoms with E-state index in [0.717, 1.165) is 22.3 Å². The van der Waals surface area contributed by atoms with Gasteiger partial charge in [0.05, 0.1) is 35.6 Å². The summed E-state index contributed by atoms with van der Waals surface area (Å²) in [6.07, 6.45) is 5.27. The molecule has 5 rings (SSSR count). The van der Waals surface area contributed by atoms with E-state index >= 15 is 0 Å². The summed E-state index contributed by atoms with van der Waals surface area (Å²) in [6.45, 7) is 0. The number of nitrogens with one attached hydrogen (secondary N) is 2. The van der Waals surface area contributed by atoms with E-state index in [1.165, 1.54) is 21.9 Å². The largest absolute Gasteiger partial charge is 0.345 e. The van der Waals surface area contributed by atoms with Gasteiger partial charge in [0, 0.05) is 5.39 Å². The summed E-state index contributed by atoms with van der Waals surface area (Å²) >= 11 is 0. The maximum absolute atomic E-state index is 4.42. The van der Waals surface area contributed by atoms with Crippen LogP contribution in [0.4, 0.5) is 0 Å². The van der Waals surface area contributed by atoms with Crippen LogP contribution in [-0.4, -0.2) is 19.9 Å². The number of aromatic nitrogens is 4. The zero-order valence-corrected chi connectivity index (χ0v) is 12.8. The summed E-state index contributed by atoms with van der Waals surface area (Å²) < 4.78 is 0.